The Balaban J connectivity index is 2.61. The van der Waals surface area contributed by atoms with Gasteiger partial charge in [-0.3, -0.25) is 9.59 Å². The van der Waals surface area contributed by atoms with Gasteiger partial charge >= 0.3 is 0 Å². The van der Waals surface area contributed by atoms with E-state index in [1.54, 1.807) is 6.92 Å². The number of fused-ring (bicyclic) bond motifs is 1. The standard InChI is InChI=1S/C14H16N2O2/c1-4-15-14(18)13(17)12-9(2)16(3)11-8-6-5-7-10(11)12/h5-8H,4H2,1-3H3,(H,15,18). The van der Waals surface area contributed by atoms with Gasteiger partial charge in [0.25, 0.3) is 11.7 Å². The first kappa shape index (κ1) is 12.4. The lowest BCUT2D eigenvalue weighted by atomic mass is 10.1. The van der Waals surface area contributed by atoms with Crippen LogP contribution in [0.5, 0.6) is 0 Å². The maximum absolute atomic E-state index is 12.2. The molecule has 1 heterocycles. The number of benzene rings is 1. The maximum atomic E-state index is 12.2. The fourth-order valence-corrected chi connectivity index (χ4v) is 2.16. The molecule has 0 bridgehead atoms. The molecule has 0 aliphatic heterocycles. The summed E-state index contributed by atoms with van der Waals surface area (Å²) in [6.07, 6.45) is 0. The second-order valence-corrected chi connectivity index (χ2v) is 4.23. The molecule has 1 aromatic heterocycles. The minimum Gasteiger partial charge on any atom is -0.349 e. The second kappa shape index (κ2) is 4.64. The molecule has 1 aromatic carbocycles. The number of para-hydroxylation sites is 1. The van der Waals surface area contributed by atoms with Gasteiger partial charge in [-0.2, -0.15) is 0 Å². The predicted molar refractivity (Wildman–Crippen MR) is 70.7 cm³/mol. The Hall–Kier alpha value is -2.10. The van der Waals surface area contributed by atoms with Crippen molar-refractivity contribution in [2.24, 2.45) is 7.05 Å². The van der Waals surface area contributed by atoms with E-state index in [-0.39, 0.29) is 0 Å². The van der Waals surface area contributed by atoms with Crippen LogP contribution >= 0.6 is 0 Å². The summed E-state index contributed by atoms with van der Waals surface area (Å²) < 4.78 is 1.93. The number of aromatic nitrogens is 1. The minimum atomic E-state index is -0.544. The molecule has 1 amide bonds. The Bertz CT molecular complexity index is 626. The molecule has 0 fully saturated rings. The Morgan fingerprint density at radius 1 is 1.28 bits per heavy atom. The molecule has 2 aromatic rings. The van der Waals surface area contributed by atoms with Gasteiger partial charge in [-0.15, -0.1) is 0 Å². The van der Waals surface area contributed by atoms with Crippen LogP contribution in [0, 0.1) is 6.92 Å². The van der Waals surface area contributed by atoms with Crippen LogP contribution in [0.4, 0.5) is 0 Å². The van der Waals surface area contributed by atoms with Crippen molar-refractivity contribution in [3.05, 3.63) is 35.5 Å². The summed E-state index contributed by atoms with van der Waals surface area (Å²) in [7, 11) is 1.90. The average Bonchev–Trinajstić information content (AvgIpc) is 2.62. The van der Waals surface area contributed by atoms with Gasteiger partial charge in [0, 0.05) is 30.2 Å². The number of carbonyl (C=O) groups excluding carboxylic acids is 2. The van der Waals surface area contributed by atoms with E-state index in [0.29, 0.717) is 12.1 Å². The van der Waals surface area contributed by atoms with Gasteiger partial charge in [-0.25, -0.2) is 0 Å². The molecule has 0 saturated heterocycles. The van der Waals surface area contributed by atoms with Crippen molar-refractivity contribution in [3.63, 3.8) is 0 Å². The molecule has 0 atom stereocenters. The number of Topliss-reactive ketones (excluding diaryl/α,β-unsaturated/α-hetero) is 1. The van der Waals surface area contributed by atoms with E-state index in [0.717, 1.165) is 16.6 Å². The van der Waals surface area contributed by atoms with Crippen molar-refractivity contribution in [3.8, 4) is 0 Å². The zero-order valence-electron chi connectivity index (χ0n) is 10.8. The van der Waals surface area contributed by atoms with Crippen LogP contribution in [0.25, 0.3) is 10.9 Å². The number of carbonyl (C=O) groups is 2. The van der Waals surface area contributed by atoms with Crippen LogP contribution in [-0.2, 0) is 11.8 Å². The quantitative estimate of drug-likeness (QED) is 0.661. The predicted octanol–water partition coefficient (Wildman–Crippen LogP) is 1.81. The summed E-state index contributed by atoms with van der Waals surface area (Å²) in [6, 6.07) is 7.60. The van der Waals surface area contributed by atoms with Gasteiger partial charge in [0.1, 0.15) is 0 Å². The number of nitrogens with zero attached hydrogens (tertiary/aromatic N) is 1. The van der Waals surface area contributed by atoms with Crippen molar-refractivity contribution >= 4 is 22.6 Å². The minimum absolute atomic E-state index is 0.453. The van der Waals surface area contributed by atoms with E-state index in [4.69, 9.17) is 0 Å². The number of rotatable bonds is 3. The Morgan fingerprint density at radius 2 is 1.94 bits per heavy atom. The third-order valence-electron chi connectivity index (χ3n) is 3.17. The molecular weight excluding hydrogens is 228 g/mol. The molecule has 0 unspecified atom stereocenters. The smallest absolute Gasteiger partial charge is 0.292 e. The molecule has 4 heteroatoms. The Kier molecular flexibility index (Phi) is 3.19. The Morgan fingerprint density at radius 3 is 2.61 bits per heavy atom. The molecule has 0 radical (unpaired) electrons. The van der Waals surface area contributed by atoms with Gasteiger partial charge in [0.05, 0.1) is 5.56 Å². The SMILES string of the molecule is CCNC(=O)C(=O)c1c(C)n(C)c2ccccc12. The molecule has 94 valence electrons. The molecule has 1 N–H and O–H groups in total. The van der Waals surface area contributed by atoms with E-state index in [2.05, 4.69) is 5.32 Å². The number of aryl methyl sites for hydroxylation is 1. The molecule has 0 spiro atoms. The first-order chi connectivity index (χ1) is 8.57. The highest BCUT2D eigenvalue weighted by Crippen LogP contribution is 2.25. The highest BCUT2D eigenvalue weighted by Gasteiger charge is 2.23. The molecule has 2 rings (SSSR count). The zero-order chi connectivity index (χ0) is 13.3. The Labute approximate surface area is 106 Å². The lowest BCUT2D eigenvalue weighted by molar-refractivity contribution is -0.116. The van der Waals surface area contributed by atoms with E-state index in [9.17, 15) is 9.59 Å². The van der Waals surface area contributed by atoms with E-state index >= 15 is 0 Å². The van der Waals surface area contributed by atoms with Crippen LogP contribution in [0.1, 0.15) is 23.0 Å². The second-order valence-electron chi connectivity index (χ2n) is 4.23. The van der Waals surface area contributed by atoms with Crippen molar-refractivity contribution in [1.82, 2.24) is 9.88 Å². The summed E-state index contributed by atoms with van der Waals surface area (Å²) in [6.45, 7) is 4.10. The van der Waals surface area contributed by atoms with Crippen molar-refractivity contribution in [2.75, 3.05) is 6.54 Å². The maximum Gasteiger partial charge on any atom is 0.292 e. The highest BCUT2D eigenvalue weighted by atomic mass is 16.2. The normalized spacial score (nSPS) is 10.6. The van der Waals surface area contributed by atoms with Gasteiger partial charge in [-0.05, 0) is 19.9 Å². The molecule has 0 aliphatic carbocycles. The highest BCUT2D eigenvalue weighted by molar-refractivity contribution is 6.45. The van der Waals surface area contributed by atoms with E-state index < -0.39 is 11.7 Å². The number of ketones is 1. The topological polar surface area (TPSA) is 51.1 Å². The van der Waals surface area contributed by atoms with Crippen LogP contribution in [0.2, 0.25) is 0 Å². The van der Waals surface area contributed by atoms with Gasteiger partial charge in [-0.1, -0.05) is 18.2 Å². The number of hydrogen-bond donors (Lipinski definition) is 1. The van der Waals surface area contributed by atoms with Gasteiger partial charge < -0.3 is 9.88 Å². The molecule has 4 nitrogen and oxygen atoms in total. The van der Waals surface area contributed by atoms with E-state index in [1.807, 2.05) is 42.8 Å². The number of hydrogen-bond acceptors (Lipinski definition) is 2. The van der Waals surface area contributed by atoms with Crippen molar-refractivity contribution < 1.29 is 9.59 Å². The summed E-state index contributed by atoms with van der Waals surface area (Å²) in [4.78, 5) is 23.8. The lowest BCUT2D eigenvalue weighted by Gasteiger charge is -2.02. The molecule has 18 heavy (non-hydrogen) atoms. The van der Waals surface area contributed by atoms with Crippen LogP contribution in [-0.4, -0.2) is 22.8 Å². The summed E-state index contributed by atoms with van der Waals surface area (Å²) >= 11 is 0. The summed E-state index contributed by atoms with van der Waals surface area (Å²) in [5, 5.41) is 3.37. The fraction of sp³-hybridized carbons (Fsp3) is 0.286. The molecule has 0 aliphatic rings. The average molecular weight is 244 g/mol. The number of nitrogens with one attached hydrogen (secondary N) is 1. The van der Waals surface area contributed by atoms with Gasteiger partial charge in [0.15, 0.2) is 0 Å². The van der Waals surface area contributed by atoms with Crippen LogP contribution < -0.4 is 5.32 Å². The van der Waals surface area contributed by atoms with Crippen molar-refractivity contribution in [2.45, 2.75) is 13.8 Å². The largest absolute Gasteiger partial charge is 0.349 e. The monoisotopic (exact) mass is 244 g/mol. The molecular formula is C14H16N2O2. The first-order valence-electron chi connectivity index (χ1n) is 5.94. The van der Waals surface area contributed by atoms with Gasteiger partial charge in [0.2, 0.25) is 0 Å². The summed E-state index contributed by atoms with van der Waals surface area (Å²) in [5.41, 5.74) is 2.27. The number of likely N-dealkylation sites (N-methyl/N-ethyl adjacent to an activating group) is 1. The lowest BCUT2D eigenvalue weighted by Crippen LogP contribution is -2.31. The number of amides is 1. The van der Waals surface area contributed by atoms with E-state index in [1.165, 1.54) is 0 Å². The van der Waals surface area contributed by atoms with Crippen LogP contribution in [0.15, 0.2) is 24.3 Å². The van der Waals surface area contributed by atoms with Crippen molar-refractivity contribution in [1.29, 1.82) is 0 Å². The third-order valence-corrected chi connectivity index (χ3v) is 3.17. The fourth-order valence-electron chi connectivity index (χ4n) is 2.16. The third kappa shape index (κ3) is 1.79. The van der Waals surface area contributed by atoms with Crippen LogP contribution in [0.3, 0.4) is 0 Å². The first-order valence-corrected chi connectivity index (χ1v) is 5.94. The molecule has 0 saturated carbocycles. The zero-order valence-corrected chi connectivity index (χ0v) is 10.8. The summed E-state index contributed by atoms with van der Waals surface area (Å²) in [5.74, 6) is -1.01.